The molecule has 0 spiro atoms. The average Bonchev–Trinajstić information content (AvgIpc) is 2.89. The van der Waals surface area contributed by atoms with E-state index in [1.165, 1.54) is 32.0 Å². The number of nitrogens with zero attached hydrogens (tertiary/aromatic N) is 1. The molecule has 1 aromatic rings. The lowest BCUT2D eigenvalue weighted by atomic mass is 10.1. The van der Waals surface area contributed by atoms with E-state index in [1.54, 1.807) is 6.07 Å². The van der Waals surface area contributed by atoms with Crippen LogP contribution in [0.3, 0.4) is 0 Å². The standard InChI is InChI=1S/C16H25FN2/c1-13(12-19-9-5-6-10-19)11-18-14(2)15-7-3-4-8-16(15)17/h3-4,7-8,13-14,18H,5-6,9-12H2,1-2H3. The van der Waals surface area contributed by atoms with Gasteiger partial charge in [0.1, 0.15) is 5.82 Å². The van der Waals surface area contributed by atoms with Gasteiger partial charge in [-0.15, -0.1) is 0 Å². The molecular weight excluding hydrogens is 239 g/mol. The summed E-state index contributed by atoms with van der Waals surface area (Å²) in [5.41, 5.74) is 0.760. The quantitative estimate of drug-likeness (QED) is 0.849. The minimum atomic E-state index is -0.116. The maximum atomic E-state index is 13.6. The van der Waals surface area contributed by atoms with Crippen molar-refractivity contribution in [2.45, 2.75) is 32.7 Å². The largest absolute Gasteiger partial charge is 0.310 e. The van der Waals surface area contributed by atoms with Crippen molar-refractivity contribution in [3.05, 3.63) is 35.6 Å². The van der Waals surface area contributed by atoms with E-state index in [-0.39, 0.29) is 11.9 Å². The minimum absolute atomic E-state index is 0.0715. The van der Waals surface area contributed by atoms with E-state index >= 15 is 0 Å². The number of benzene rings is 1. The Hall–Kier alpha value is -0.930. The molecule has 0 saturated carbocycles. The highest BCUT2D eigenvalue weighted by molar-refractivity contribution is 5.20. The zero-order chi connectivity index (χ0) is 13.7. The van der Waals surface area contributed by atoms with Gasteiger partial charge < -0.3 is 10.2 Å². The van der Waals surface area contributed by atoms with Crippen molar-refractivity contribution >= 4 is 0 Å². The van der Waals surface area contributed by atoms with Crippen molar-refractivity contribution in [1.82, 2.24) is 10.2 Å². The summed E-state index contributed by atoms with van der Waals surface area (Å²) in [5, 5.41) is 3.45. The Kier molecular flexibility index (Phi) is 5.34. The Balaban J connectivity index is 1.76. The predicted molar refractivity (Wildman–Crippen MR) is 77.7 cm³/mol. The van der Waals surface area contributed by atoms with Crippen molar-refractivity contribution < 1.29 is 4.39 Å². The molecule has 0 bridgehead atoms. The van der Waals surface area contributed by atoms with Crippen LogP contribution in [0.4, 0.5) is 4.39 Å². The fraction of sp³-hybridized carbons (Fsp3) is 0.625. The molecule has 3 heteroatoms. The number of likely N-dealkylation sites (tertiary alicyclic amines) is 1. The molecule has 2 unspecified atom stereocenters. The molecule has 1 aromatic carbocycles. The van der Waals surface area contributed by atoms with Gasteiger partial charge in [-0.1, -0.05) is 25.1 Å². The van der Waals surface area contributed by atoms with Crippen LogP contribution in [0.25, 0.3) is 0 Å². The van der Waals surface area contributed by atoms with E-state index in [0.717, 1.165) is 18.7 Å². The number of halogens is 1. The molecule has 0 radical (unpaired) electrons. The number of hydrogen-bond acceptors (Lipinski definition) is 2. The van der Waals surface area contributed by atoms with Crippen molar-refractivity contribution in [1.29, 1.82) is 0 Å². The second-order valence-electron chi connectivity index (χ2n) is 5.76. The maximum absolute atomic E-state index is 13.6. The molecule has 1 fully saturated rings. The molecule has 19 heavy (non-hydrogen) atoms. The van der Waals surface area contributed by atoms with Crippen LogP contribution in [0.1, 0.15) is 38.3 Å². The van der Waals surface area contributed by atoms with Crippen LogP contribution < -0.4 is 5.32 Å². The second kappa shape index (κ2) is 7.01. The van der Waals surface area contributed by atoms with E-state index in [2.05, 4.69) is 17.1 Å². The Morgan fingerprint density at radius 2 is 1.89 bits per heavy atom. The molecule has 2 nitrogen and oxygen atoms in total. The van der Waals surface area contributed by atoms with E-state index in [1.807, 2.05) is 19.1 Å². The highest BCUT2D eigenvalue weighted by atomic mass is 19.1. The zero-order valence-electron chi connectivity index (χ0n) is 12.0. The summed E-state index contributed by atoms with van der Waals surface area (Å²) in [6.07, 6.45) is 2.68. The molecular formula is C16H25FN2. The summed E-state index contributed by atoms with van der Waals surface area (Å²) >= 11 is 0. The number of rotatable bonds is 6. The summed E-state index contributed by atoms with van der Waals surface area (Å²) < 4.78 is 13.6. The molecule has 0 amide bonds. The van der Waals surface area contributed by atoms with E-state index < -0.39 is 0 Å². The maximum Gasteiger partial charge on any atom is 0.127 e. The zero-order valence-corrected chi connectivity index (χ0v) is 12.0. The molecule has 1 saturated heterocycles. The Bertz CT molecular complexity index is 388. The first-order valence-electron chi connectivity index (χ1n) is 7.37. The van der Waals surface area contributed by atoms with Crippen LogP contribution in [0, 0.1) is 11.7 Å². The molecule has 106 valence electrons. The molecule has 1 heterocycles. The van der Waals surface area contributed by atoms with Gasteiger partial charge in [-0.25, -0.2) is 4.39 Å². The van der Waals surface area contributed by atoms with E-state index in [4.69, 9.17) is 0 Å². The topological polar surface area (TPSA) is 15.3 Å². The van der Waals surface area contributed by atoms with Crippen LogP contribution >= 0.6 is 0 Å². The minimum Gasteiger partial charge on any atom is -0.310 e. The summed E-state index contributed by atoms with van der Waals surface area (Å²) in [6, 6.07) is 7.09. The average molecular weight is 264 g/mol. The van der Waals surface area contributed by atoms with Gasteiger partial charge in [0.05, 0.1) is 0 Å². The Morgan fingerprint density at radius 1 is 1.21 bits per heavy atom. The predicted octanol–water partition coefficient (Wildman–Crippen LogP) is 3.21. The highest BCUT2D eigenvalue weighted by Crippen LogP contribution is 2.16. The molecule has 0 aliphatic carbocycles. The van der Waals surface area contributed by atoms with Crippen molar-refractivity contribution in [3.8, 4) is 0 Å². The van der Waals surface area contributed by atoms with Gasteiger partial charge in [0.15, 0.2) is 0 Å². The van der Waals surface area contributed by atoms with Gasteiger partial charge in [-0.05, 0) is 51.4 Å². The first-order chi connectivity index (χ1) is 9.16. The fourth-order valence-corrected chi connectivity index (χ4v) is 2.78. The smallest absolute Gasteiger partial charge is 0.127 e. The fourth-order valence-electron chi connectivity index (χ4n) is 2.78. The lowest BCUT2D eigenvalue weighted by Crippen LogP contribution is -2.32. The first kappa shape index (κ1) is 14.5. The lowest BCUT2D eigenvalue weighted by molar-refractivity contribution is 0.278. The Labute approximate surface area is 116 Å². The van der Waals surface area contributed by atoms with Crippen molar-refractivity contribution in [2.24, 2.45) is 5.92 Å². The molecule has 1 aliphatic rings. The molecule has 2 rings (SSSR count). The van der Waals surface area contributed by atoms with Crippen LogP contribution in [-0.2, 0) is 0 Å². The van der Waals surface area contributed by atoms with Crippen LogP contribution in [0.15, 0.2) is 24.3 Å². The second-order valence-corrected chi connectivity index (χ2v) is 5.76. The molecule has 2 atom stereocenters. The van der Waals surface area contributed by atoms with Gasteiger partial charge in [-0.2, -0.15) is 0 Å². The molecule has 1 N–H and O–H groups in total. The summed E-state index contributed by atoms with van der Waals surface area (Å²) in [4.78, 5) is 2.53. The first-order valence-corrected chi connectivity index (χ1v) is 7.37. The van der Waals surface area contributed by atoms with Crippen LogP contribution in [0.2, 0.25) is 0 Å². The normalized spacial score (nSPS) is 19.5. The number of hydrogen-bond donors (Lipinski definition) is 1. The van der Waals surface area contributed by atoms with E-state index in [9.17, 15) is 4.39 Å². The van der Waals surface area contributed by atoms with Gasteiger partial charge >= 0.3 is 0 Å². The van der Waals surface area contributed by atoms with E-state index in [0.29, 0.717) is 5.92 Å². The third kappa shape index (κ3) is 4.29. The summed E-state index contributed by atoms with van der Waals surface area (Å²) in [6.45, 7) is 8.86. The molecule has 0 aromatic heterocycles. The van der Waals surface area contributed by atoms with Gasteiger partial charge in [0, 0.05) is 18.2 Å². The Morgan fingerprint density at radius 3 is 2.58 bits per heavy atom. The van der Waals surface area contributed by atoms with Gasteiger partial charge in [-0.3, -0.25) is 0 Å². The third-order valence-corrected chi connectivity index (χ3v) is 3.91. The number of nitrogens with one attached hydrogen (secondary N) is 1. The van der Waals surface area contributed by atoms with Crippen molar-refractivity contribution in [3.63, 3.8) is 0 Å². The van der Waals surface area contributed by atoms with Crippen molar-refractivity contribution in [2.75, 3.05) is 26.2 Å². The third-order valence-electron chi connectivity index (χ3n) is 3.91. The highest BCUT2D eigenvalue weighted by Gasteiger charge is 2.16. The monoisotopic (exact) mass is 264 g/mol. The van der Waals surface area contributed by atoms with Gasteiger partial charge in [0.25, 0.3) is 0 Å². The van der Waals surface area contributed by atoms with Crippen LogP contribution in [-0.4, -0.2) is 31.1 Å². The summed E-state index contributed by atoms with van der Waals surface area (Å²) in [5.74, 6) is 0.488. The van der Waals surface area contributed by atoms with Gasteiger partial charge in [0.2, 0.25) is 0 Å². The lowest BCUT2D eigenvalue weighted by Gasteiger charge is -2.22. The van der Waals surface area contributed by atoms with Crippen LogP contribution in [0.5, 0.6) is 0 Å². The summed E-state index contributed by atoms with van der Waals surface area (Å²) in [7, 11) is 0. The molecule has 1 aliphatic heterocycles. The SMILES string of the molecule is CC(CNC(C)c1ccccc1F)CN1CCCC1.